The second kappa shape index (κ2) is 4.37. The highest BCUT2D eigenvalue weighted by Gasteiger charge is 2.11. The molecule has 2 aromatic rings. The molecule has 1 heterocycles. The topological polar surface area (TPSA) is 70.7 Å². The molecule has 0 saturated heterocycles. The molecule has 88 valence electrons. The van der Waals surface area contributed by atoms with E-state index in [0.29, 0.717) is 5.82 Å². The van der Waals surface area contributed by atoms with E-state index in [-0.39, 0.29) is 11.7 Å². The molecular formula is C12H14N4O. The maximum absolute atomic E-state index is 11.8. The number of rotatable bonds is 2. The maximum atomic E-state index is 11.8. The van der Waals surface area contributed by atoms with Crippen LogP contribution in [0.1, 0.15) is 27.6 Å². The number of anilines is 1. The van der Waals surface area contributed by atoms with Crippen molar-refractivity contribution in [2.75, 3.05) is 5.32 Å². The number of H-pyrrole nitrogens is 1. The van der Waals surface area contributed by atoms with Crippen LogP contribution in [0.5, 0.6) is 0 Å². The van der Waals surface area contributed by atoms with Crippen molar-refractivity contribution in [1.82, 2.24) is 15.2 Å². The van der Waals surface area contributed by atoms with Crippen LogP contribution in [-0.4, -0.2) is 21.1 Å². The van der Waals surface area contributed by atoms with Gasteiger partial charge in [-0.15, -0.1) is 5.10 Å². The van der Waals surface area contributed by atoms with Crippen molar-refractivity contribution in [2.24, 2.45) is 0 Å². The SMILES string of the molecule is Cc1cc(C)cc(NC(=O)c2n[nH]c(C)n2)c1. The molecule has 0 atom stereocenters. The Morgan fingerprint density at radius 1 is 1.18 bits per heavy atom. The first-order chi connectivity index (χ1) is 8.04. The van der Waals surface area contributed by atoms with E-state index in [1.54, 1.807) is 6.92 Å². The zero-order valence-corrected chi connectivity index (χ0v) is 10.0. The lowest BCUT2D eigenvalue weighted by molar-refractivity contribution is 0.101. The highest BCUT2D eigenvalue weighted by atomic mass is 16.2. The molecule has 0 saturated carbocycles. The summed E-state index contributed by atoms with van der Waals surface area (Å²) in [5.41, 5.74) is 2.97. The van der Waals surface area contributed by atoms with Crippen molar-refractivity contribution in [2.45, 2.75) is 20.8 Å². The molecule has 0 fully saturated rings. The van der Waals surface area contributed by atoms with Gasteiger partial charge in [0.15, 0.2) is 0 Å². The largest absolute Gasteiger partial charge is 0.319 e. The first kappa shape index (κ1) is 11.3. The minimum Gasteiger partial charge on any atom is -0.319 e. The van der Waals surface area contributed by atoms with Gasteiger partial charge >= 0.3 is 0 Å². The average molecular weight is 230 g/mol. The second-order valence-corrected chi connectivity index (χ2v) is 4.07. The van der Waals surface area contributed by atoms with Crippen LogP contribution in [0.3, 0.4) is 0 Å². The Kier molecular flexibility index (Phi) is 2.91. The van der Waals surface area contributed by atoms with Crippen LogP contribution in [-0.2, 0) is 0 Å². The highest BCUT2D eigenvalue weighted by Crippen LogP contribution is 2.14. The summed E-state index contributed by atoms with van der Waals surface area (Å²) in [6.07, 6.45) is 0. The molecule has 17 heavy (non-hydrogen) atoms. The van der Waals surface area contributed by atoms with Gasteiger partial charge in [-0.2, -0.15) is 0 Å². The van der Waals surface area contributed by atoms with Crippen molar-refractivity contribution < 1.29 is 4.79 Å². The van der Waals surface area contributed by atoms with Gasteiger partial charge in [0.05, 0.1) is 0 Å². The number of carbonyl (C=O) groups excluding carboxylic acids is 1. The Labute approximate surface area is 99.3 Å². The van der Waals surface area contributed by atoms with Gasteiger partial charge in [0.2, 0.25) is 5.82 Å². The number of nitrogens with one attached hydrogen (secondary N) is 2. The summed E-state index contributed by atoms with van der Waals surface area (Å²) in [4.78, 5) is 15.8. The second-order valence-electron chi connectivity index (χ2n) is 4.07. The fourth-order valence-corrected chi connectivity index (χ4v) is 1.68. The van der Waals surface area contributed by atoms with Crippen molar-refractivity contribution >= 4 is 11.6 Å². The number of nitrogens with zero attached hydrogens (tertiary/aromatic N) is 2. The third kappa shape index (κ3) is 2.69. The Hall–Kier alpha value is -2.17. The van der Waals surface area contributed by atoms with E-state index in [0.717, 1.165) is 16.8 Å². The summed E-state index contributed by atoms with van der Waals surface area (Å²) in [6.45, 7) is 5.72. The number of hydrogen-bond donors (Lipinski definition) is 2. The van der Waals surface area contributed by atoms with Crippen molar-refractivity contribution in [3.63, 3.8) is 0 Å². The van der Waals surface area contributed by atoms with E-state index >= 15 is 0 Å². The summed E-state index contributed by atoms with van der Waals surface area (Å²) in [5.74, 6) is 0.469. The molecule has 0 bridgehead atoms. The van der Waals surface area contributed by atoms with Crippen LogP contribution in [0, 0.1) is 20.8 Å². The number of hydrogen-bond acceptors (Lipinski definition) is 3. The smallest absolute Gasteiger partial charge is 0.295 e. The lowest BCUT2D eigenvalue weighted by Crippen LogP contribution is -2.14. The van der Waals surface area contributed by atoms with E-state index < -0.39 is 0 Å². The van der Waals surface area contributed by atoms with Crippen LogP contribution in [0.15, 0.2) is 18.2 Å². The molecule has 0 spiro atoms. The average Bonchev–Trinajstić information content (AvgIpc) is 2.63. The molecular weight excluding hydrogens is 216 g/mol. The number of amides is 1. The van der Waals surface area contributed by atoms with Gasteiger partial charge in [0.25, 0.3) is 5.91 Å². The normalized spacial score (nSPS) is 10.3. The van der Waals surface area contributed by atoms with E-state index in [1.807, 2.05) is 32.0 Å². The van der Waals surface area contributed by atoms with Crippen molar-refractivity contribution in [3.8, 4) is 0 Å². The predicted octanol–water partition coefficient (Wildman–Crippen LogP) is 1.98. The lowest BCUT2D eigenvalue weighted by Gasteiger charge is -2.05. The molecule has 5 heteroatoms. The lowest BCUT2D eigenvalue weighted by atomic mass is 10.1. The fraction of sp³-hybridized carbons (Fsp3) is 0.250. The van der Waals surface area contributed by atoms with Crippen LogP contribution in [0.2, 0.25) is 0 Å². The number of aryl methyl sites for hydroxylation is 3. The standard InChI is InChI=1S/C12H14N4O/c1-7-4-8(2)6-10(5-7)14-12(17)11-13-9(3)15-16-11/h4-6H,1-3H3,(H,14,17)(H,13,15,16). The summed E-state index contributed by atoms with van der Waals surface area (Å²) in [6, 6.07) is 5.86. The maximum Gasteiger partial charge on any atom is 0.295 e. The number of aromatic nitrogens is 3. The predicted molar refractivity (Wildman–Crippen MR) is 65.0 cm³/mol. The number of aromatic amines is 1. The van der Waals surface area contributed by atoms with E-state index in [4.69, 9.17) is 0 Å². The fourth-order valence-electron chi connectivity index (χ4n) is 1.68. The molecule has 0 aliphatic carbocycles. The third-order valence-corrected chi connectivity index (χ3v) is 2.28. The third-order valence-electron chi connectivity index (χ3n) is 2.28. The minimum absolute atomic E-state index is 0.154. The zero-order chi connectivity index (χ0) is 12.4. The Balaban J connectivity index is 2.18. The molecule has 2 rings (SSSR count). The zero-order valence-electron chi connectivity index (χ0n) is 10.0. The first-order valence-corrected chi connectivity index (χ1v) is 5.33. The van der Waals surface area contributed by atoms with Gasteiger partial charge in [-0.05, 0) is 44.0 Å². The van der Waals surface area contributed by atoms with Gasteiger partial charge in [0.1, 0.15) is 5.82 Å². The molecule has 0 aliphatic heterocycles. The van der Waals surface area contributed by atoms with Gasteiger partial charge in [-0.25, -0.2) is 4.98 Å². The van der Waals surface area contributed by atoms with Crippen LogP contribution in [0.4, 0.5) is 5.69 Å². The van der Waals surface area contributed by atoms with Crippen molar-refractivity contribution in [3.05, 3.63) is 41.0 Å². The van der Waals surface area contributed by atoms with Gasteiger partial charge in [0, 0.05) is 5.69 Å². The molecule has 1 amide bonds. The van der Waals surface area contributed by atoms with Gasteiger partial charge in [-0.1, -0.05) is 6.07 Å². The van der Waals surface area contributed by atoms with E-state index in [9.17, 15) is 4.79 Å². The van der Waals surface area contributed by atoms with Crippen LogP contribution >= 0.6 is 0 Å². The monoisotopic (exact) mass is 230 g/mol. The molecule has 1 aromatic carbocycles. The van der Waals surface area contributed by atoms with Crippen LogP contribution in [0.25, 0.3) is 0 Å². The Bertz CT molecular complexity index is 539. The highest BCUT2D eigenvalue weighted by molar-refractivity contribution is 6.01. The quantitative estimate of drug-likeness (QED) is 0.828. The summed E-state index contributed by atoms with van der Waals surface area (Å²) in [5, 5.41) is 9.21. The van der Waals surface area contributed by atoms with Gasteiger partial charge in [-0.3, -0.25) is 9.89 Å². The van der Waals surface area contributed by atoms with Crippen molar-refractivity contribution in [1.29, 1.82) is 0 Å². The summed E-state index contributed by atoms with van der Waals surface area (Å²) >= 11 is 0. The Morgan fingerprint density at radius 3 is 2.35 bits per heavy atom. The Morgan fingerprint density at radius 2 is 1.82 bits per heavy atom. The summed E-state index contributed by atoms with van der Waals surface area (Å²) < 4.78 is 0. The molecule has 5 nitrogen and oxygen atoms in total. The van der Waals surface area contributed by atoms with Crippen LogP contribution < -0.4 is 5.32 Å². The minimum atomic E-state index is -0.306. The molecule has 0 unspecified atom stereocenters. The number of carbonyl (C=O) groups is 1. The molecule has 1 aromatic heterocycles. The van der Waals surface area contributed by atoms with Gasteiger partial charge < -0.3 is 5.32 Å². The first-order valence-electron chi connectivity index (χ1n) is 5.33. The summed E-state index contributed by atoms with van der Waals surface area (Å²) in [7, 11) is 0. The molecule has 0 aliphatic rings. The number of benzene rings is 1. The van der Waals surface area contributed by atoms with E-state index in [1.165, 1.54) is 0 Å². The molecule has 2 N–H and O–H groups in total. The van der Waals surface area contributed by atoms with E-state index in [2.05, 4.69) is 20.5 Å². The molecule has 0 radical (unpaired) electrons.